The number of benzene rings is 1. The molecular formula is C14H11NO3S. The number of carbonyl (C=O) groups excluding carboxylic acids is 1. The molecule has 2 rings (SSSR count). The number of nitro benzene ring substituents is 1. The molecule has 0 amide bonds. The lowest BCUT2D eigenvalue weighted by atomic mass is 10.1. The van der Waals surface area contributed by atoms with E-state index in [1.807, 2.05) is 17.5 Å². The Morgan fingerprint density at radius 2 is 2.11 bits per heavy atom. The Labute approximate surface area is 114 Å². The quantitative estimate of drug-likeness (QED) is 0.484. The summed E-state index contributed by atoms with van der Waals surface area (Å²) in [5, 5.41) is 12.6. The number of thiophene rings is 1. The van der Waals surface area contributed by atoms with Gasteiger partial charge < -0.3 is 0 Å². The number of allylic oxidation sites excluding steroid dienone is 1. The molecule has 0 aliphatic rings. The zero-order valence-corrected chi connectivity index (χ0v) is 11.0. The van der Waals surface area contributed by atoms with Gasteiger partial charge in [-0.1, -0.05) is 18.2 Å². The predicted octanol–water partition coefficient (Wildman–Crippen LogP) is 3.79. The molecule has 1 aromatic heterocycles. The molecule has 0 saturated carbocycles. The van der Waals surface area contributed by atoms with Crippen LogP contribution < -0.4 is 0 Å². The molecule has 0 spiro atoms. The van der Waals surface area contributed by atoms with Crippen LogP contribution in [0.3, 0.4) is 0 Å². The van der Waals surface area contributed by atoms with Crippen LogP contribution in [0.2, 0.25) is 0 Å². The average molecular weight is 273 g/mol. The van der Waals surface area contributed by atoms with E-state index in [1.165, 1.54) is 30.4 Å². The van der Waals surface area contributed by atoms with Gasteiger partial charge in [-0.05, 0) is 30.0 Å². The molecule has 0 unspecified atom stereocenters. The van der Waals surface area contributed by atoms with Gasteiger partial charge >= 0.3 is 0 Å². The zero-order chi connectivity index (χ0) is 13.8. The average Bonchev–Trinajstić information content (AvgIpc) is 2.89. The van der Waals surface area contributed by atoms with Crippen LogP contribution in [-0.2, 0) is 4.79 Å². The third-order valence-electron chi connectivity index (χ3n) is 2.56. The van der Waals surface area contributed by atoms with Crippen LogP contribution in [0, 0.1) is 10.1 Å². The minimum absolute atomic E-state index is 0.0165. The Kier molecular flexibility index (Phi) is 3.87. The number of nitro groups is 1. The summed E-state index contributed by atoms with van der Waals surface area (Å²) in [6.07, 6.45) is 1.68. The van der Waals surface area contributed by atoms with Gasteiger partial charge in [-0.3, -0.25) is 14.9 Å². The number of hydrogen-bond donors (Lipinski definition) is 0. The van der Waals surface area contributed by atoms with Crippen LogP contribution in [0.25, 0.3) is 11.6 Å². The summed E-state index contributed by atoms with van der Waals surface area (Å²) in [4.78, 5) is 22.8. The van der Waals surface area contributed by atoms with Crippen LogP contribution in [-0.4, -0.2) is 10.7 Å². The van der Waals surface area contributed by atoms with Crippen molar-refractivity contribution in [2.45, 2.75) is 6.92 Å². The topological polar surface area (TPSA) is 60.2 Å². The number of ketones is 1. The van der Waals surface area contributed by atoms with Crippen molar-refractivity contribution in [2.24, 2.45) is 0 Å². The maximum Gasteiger partial charge on any atom is 0.270 e. The molecule has 0 radical (unpaired) electrons. The second kappa shape index (κ2) is 5.58. The highest BCUT2D eigenvalue weighted by atomic mass is 32.1. The first-order valence-corrected chi connectivity index (χ1v) is 6.47. The van der Waals surface area contributed by atoms with E-state index in [9.17, 15) is 14.9 Å². The number of rotatable bonds is 4. The van der Waals surface area contributed by atoms with Crippen LogP contribution in [0.15, 0.2) is 41.8 Å². The first-order chi connectivity index (χ1) is 9.08. The Bertz CT molecular complexity index is 644. The third kappa shape index (κ3) is 3.14. The van der Waals surface area contributed by atoms with Crippen molar-refractivity contribution < 1.29 is 9.72 Å². The smallest absolute Gasteiger partial charge is 0.270 e. The van der Waals surface area contributed by atoms with Gasteiger partial charge in [0.15, 0.2) is 5.78 Å². The van der Waals surface area contributed by atoms with Crippen molar-refractivity contribution in [3.8, 4) is 0 Å². The molecule has 0 N–H and O–H groups in total. The van der Waals surface area contributed by atoms with Crippen molar-refractivity contribution in [3.63, 3.8) is 0 Å². The molecule has 1 aromatic carbocycles. The molecule has 5 heteroatoms. The molecule has 0 saturated heterocycles. The van der Waals surface area contributed by atoms with E-state index in [1.54, 1.807) is 18.2 Å². The second-order valence-electron chi connectivity index (χ2n) is 3.94. The fourth-order valence-corrected chi connectivity index (χ4v) is 2.46. The number of carbonyl (C=O) groups is 1. The van der Waals surface area contributed by atoms with Gasteiger partial charge in [0.25, 0.3) is 5.69 Å². The normalized spacial score (nSPS) is 11.3. The van der Waals surface area contributed by atoms with E-state index in [0.29, 0.717) is 11.1 Å². The van der Waals surface area contributed by atoms with E-state index in [2.05, 4.69) is 0 Å². The molecule has 0 bridgehead atoms. The summed E-state index contributed by atoms with van der Waals surface area (Å²) in [5.41, 5.74) is 1.23. The maximum absolute atomic E-state index is 11.7. The molecule has 4 nitrogen and oxygen atoms in total. The van der Waals surface area contributed by atoms with Crippen LogP contribution in [0.1, 0.15) is 17.4 Å². The number of non-ortho nitro benzene ring substituents is 1. The Balaban J connectivity index is 2.45. The number of nitrogens with zero attached hydrogens (tertiary/aromatic N) is 1. The van der Waals surface area contributed by atoms with E-state index in [4.69, 9.17) is 0 Å². The molecule has 0 aliphatic heterocycles. The molecule has 0 atom stereocenters. The van der Waals surface area contributed by atoms with Crippen molar-refractivity contribution in [1.29, 1.82) is 0 Å². The van der Waals surface area contributed by atoms with Gasteiger partial charge in [-0.25, -0.2) is 0 Å². The van der Waals surface area contributed by atoms with E-state index in [-0.39, 0.29) is 11.5 Å². The highest BCUT2D eigenvalue weighted by Gasteiger charge is 2.10. The van der Waals surface area contributed by atoms with Crippen LogP contribution in [0.5, 0.6) is 0 Å². The van der Waals surface area contributed by atoms with E-state index < -0.39 is 4.92 Å². The maximum atomic E-state index is 11.7. The first kappa shape index (κ1) is 13.2. The standard InChI is InChI=1S/C14H11NO3S/c1-10(16)13(14-6-3-7-19-14)9-11-4-2-5-12(8-11)15(17)18/h2-9H,1H3/b13-9-. The summed E-state index contributed by atoms with van der Waals surface area (Å²) in [7, 11) is 0. The fraction of sp³-hybridized carbons (Fsp3) is 0.0714. The fourth-order valence-electron chi connectivity index (χ4n) is 1.67. The summed E-state index contributed by atoms with van der Waals surface area (Å²) in [6.45, 7) is 1.49. The third-order valence-corrected chi connectivity index (χ3v) is 3.46. The summed E-state index contributed by atoms with van der Waals surface area (Å²) < 4.78 is 0. The van der Waals surface area contributed by atoms with Crippen molar-refractivity contribution in [2.75, 3.05) is 0 Å². The predicted molar refractivity (Wildman–Crippen MR) is 76.0 cm³/mol. The largest absolute Gasteiger partial charge is 0.294 e. The second-order valence-corrected chi connectivity index (χ2v) is 4.89. The summed E-state index contributed by atoms with van der Waals surface area (Å²) in [6, 6.07) is 9.95. The molecule has 0 aliphatic carbocycles. The van der Waals surface area contributed by atoms with Gasteiger partial charge in [0.05, 0.1) is 4.92 Å². The minimum atomic E-state index is -0.448. The molecule has 19 heavy (non-hydrogen) atoms. The van der Waals surface area contributed by atoms with Crippen molar-refractivity contribution >= 4 is 34.5 Å². The number of Topliss-reactive ketones (excluding diaryl/α,β-unsaturated/α-hetero) is 1. The van der Waals surface area contributed by atoms with Crippen LogP contribution in [0.4, 0.5) is 5.69 Å². The Morgan fingerprint density at radius 3 is 2.68 bits per heavy atom. The lowest BCUT2D eigenvalue weighted by molar-refractivity contribution is -0.384. The molecular weight excluding hydrogens is 262 g/mol. The highest BCUT2D eigenvalue weighted by molar-refractivity contribution is 7.11. The lowest BCUT2D eigenvalue weighted by Crippen LogP contribution is -1.94. The SMILES string of the molecule is CC(=O)/C(=C/c1cccc([N+](=O)[O-])c1)c1cccs1. The van der Waals surface area contributed by atoms with Crippen molar-refractivity contribution in [1.82, 2.24) is 0 Å². The molecule has 2 aromatic rings. The highest BCUT2D eigenvalue weighted by Crippen LogP contribution is 2.24. The minimum Gasteiger partial charge on any atom is -0.294 e. The van der Waals surface area contributed by atoms with Gasteiger partial charge in [0.1, 0.15) is 0 Å². The summed E-state index contributed by atoms with van der Waals surface area (Å²) in [5.74, 6) is -0.0612. The number of hydrogen-bond acceptors (Lipinski definition) is 4. The van der Waals surface area contributed by atoms with Gasteiger partial charge in [-0.2, -0.15) is 0 Å². The lowest BCUT2D eigenvalue weighted by Gasteiger charge is -2.01. The van der Waals surface area contributed by atoms with E-state index >= 15 is 0 Å². The zero-order valence-electron chi connectivity index (χ0n) is 10.2. The molecule has 96 valence electrons. The van der Waals surface area contributed by atoms with E-state index in [0.717, 1.165) is 4.88 Å². The van der Waals surface area contributed by atoms with Gasteiger partial charge in [0.2, 0.25) is 0 Å². The monoisotopic (exact) mass is 273 g/mol. The van der Waals surface area contributed by atoms with Gasteiger partial charge in [-0.15, -0.1) is 11.3 Å². The first-order valence-electron chi connectivity index (χ1n) is 5.59. The van der Waals surface area contributed by atoms with Gasteiger partial charge in [0, 0.05) is 22.6 Å². The summed E-state index contributed by atoms with van der Waals surface area (Å²) >= 11 is 1.47. The van der Waals surface area contributed by atoms with Crippen molar-refractivity contribution in [3.05, 3.63) is 62.3 Å². The molecule has 0 fully saturated rings. The Hall–Kier alpha value is -2.27. The van der Waals surface area contributed by atoms with Crippen LogP contribution >= 0.6 is 11.3 Å². The molecule has 1 heterocycles. The Morgan fingerprint density at radius 1 is 1.32 bits per heavy atom.